The van der Waals surface area contributed by atoms with Crippen LogP contribution in [-0.4, -0.2) is 16.1 Å². The van der Waals surface area contributed by atoms with Crippen LogP contribution in [0.5, 0.6) is 6.01 Å². The van der Waals surface area contributed by atoms with Crippen molar-refractivity contribution in [2.24, 2.45) is 0 Å². The monoisotopic (exact) mass is 301 g/mol. The van der Waals surface area contributed by atoms with Crippen LogP contribution in [-0.2, 0) is 6.54 Å². The lowest BCUT2D eigenvalue weighted by Gasteiger charge is -2.12. The van der Waals surface area contributed by atoms with Crippen molar-refractivity contribution in [2.45, 2.75) is 43.2 Å². The summed E-state index contributed by atoms with van der Waals surface area (Å²) in [6.07, 6.45) is 6.69. The number of benzene rings is 1. The lowest BCUT2D eigenvalue weighted by atomic mass is 10.2. The first-order valence-electron chi connectivity index (χ1n) is 7.32. The van der Waals surface area contributed by atoms with E-state index in [9.17, 15) is 0 Å². The van der Waals surface area contributed by atoms with Crippen LogP contribution in [0.2, 0.25) is 0 Å². The number of anilines is 1. The number of ether oxygens (including phenoxy) is 1. The van der Waals surface area contributed by atoms with Crippen molar-refractivity contribution in [2.75, 3.05) is 5.32 Å². The average molecular weight is 301 g/mol. The molecule has 0 aliphatic heterocycles. The molecule has 110 valence electrons. The second-order valence-corrected chi connectivity index (χ2v) is 5.71. The van der Waals surface area contributed by atoms with Gasteiger partial charge in [-0.15, -0.1) is 12.6 Å². The van der Waals surface area contributed by atoms with Crippen LogP contribution in [0.15, 0.2) is 41.4 Å². The Kier molecular flexibility index (Phi) is 4.60. The van der Waals surface area contributed by atoms with E-state index in [2.05, 4.69) is 27.9 Å². The Hall–Kier alpha value is -1.75. The highest BCUT2D eigenvalue weighted by Crippen LogP contribution is 2.22. The van der Waals surface area contributed by atoms with Gasteiger partial charge in [-0.2, -0.15) is 4.98 Å². The predicted octanol–water partition coefficient (Wildman–Crippen LogP) is 3.70. The standard InChI is InChI=1S/C16H19N3OS/c21-14-8-4-1-5-12(14)11-18-15-9-10-17-16(19-15)20-13-6-2-3-7-13/h1,4-5,8-10,13,21H,2-3,6-7,11H2,(H,17,18,19). The fourth-order valence-electron chi connectivity index (χ4n) is 2.50. The minimum atomic E-state index is 0.276. The molecule has 1 aromatic carbocycles. The Morgan fingerprint density at radius 2 is 2.00 bits per heavy atom. The number of nitrogens with one attached hydrogen (secondary N) is 1. The summed E-state index contributed by atoms with van der Waals surface area (Å²) in [5.41, 5.74) is 1.14. The number of hydrogen-bond donors (Lipinski definition) is 2. The topological polar surface area (TPSA) is 47.0 Å². The van der Waals surface area contributed by atoms with E-state index in [1.54, 1.807) is 6.20 Å². The largest absolute Gasteiger partial charge is 0.460 e. The highest BCUT2D eigenvalue weighted by Gasteiger charge is 2.17. The second-order valence-electron chi connectivity index (χ2n) is 5.23. The van der Waals surface area contributed by atoms with Gasteiger partial charge >= 0.3 is 6.01 Å². The van der Waals surface area contributed by atoms with Crippen molar-refractivity contribution in [3.8, 4) is 6.01 Å². The van der Waals surface area contributed by atoms with Crippen molar-refractivity contribution in [1.29, 1.82) is 0 Å². The molecule has 0 radical (unpaired) electrons. The molecule has 0 amide bonds. The van der Waals surface area contributed by atoms with Gasteiger partial charge in [0.15, 0.2) is 0 Å². The van der Waals surface area contributed by atoms with Gasteiger partial charge in [-0.05, 0) is 43.4 Å². The average Bonchev–Trinajstić information content (AvgIpc) is 3.00. The zero-order valence-corrected chi connectivity index (χ0v) is 12.7. The van der Waals surface area contributed by atoms with Crippen molar-refractivity contribution in [1.82, 2.24) is 9.97 Å². The van der Waals surface area contributed by atoms with E-state index in [1.165, 1.54) is 12.8 Å². The number of nitrogens with zero attached hydrogens (tertiary/aromatic N) is 2. The number of hydrogen-bond acceptors (Lipinski definition) is 5. The van der Waals surface area contributed by atoms with Gasteiger partial charge in [0, 0.05) is 17.6 Å². The fraction of sp³-hybridized carbons (Fsp3) is 0.375. The van der Waals surface area contributed by atoms with E-state index in [0.29, 0.717) is 12.6 Å². The lowest BCUT2D eigenvalue weighted by Crippen LogP contribution is -2.13. The Morgan fingerprint density at radius 1 is 1.19 bits per heavy atom. The maximum Gasteiger partial charge on any atom is 0.318 e. The first-order valence-corrected chi connectivity index (χ1v) is 7.76. The molecule has 1 heterocycles. The molecule has 21 heavy (non-hydrogen) atoms. The van der Waals surface area contributed by atoms with Gasteiger partial charge in [-0.25, -0.2) is 4.98 Å². The highest BCUT2D eigenvalue weighted by molar-refractivity contribution is 7.80. The van der Waals surface area contributed by atoms with E-state index < -0.39 is 0 Å². The minimum Gasteiger partial charge on any atom is -0.460 e. The summed E-state index contributed by atoms with van der Waals surface area (Å²) in [6, 6.07) is 10.3. The fourth-order valence-corrected chi connectivity index (χ4v) is 2.74. The van der Waals surface area contributed by atoms with Gasteiger partial charge in [0.2, 0.25) is 0 Å². The number of aromatic nitrogens is 2. The van der Waals surface area contributed by atoms with Gasteiger partial charge < -0.3 is 10.1 Å². The Bertz CT molecular complexity index is 600. The summed E-state index contributed by atoms with van der Waals surface area (Å²) in [4.78, 5) is 9.57. The molecule has 1 fully saturated rings. The zero-order valence-electron chi connectivity index (χ0n) is 11.8. The van der Waals surface area contributed by atoms with Gasteiger partial charge in [0.05, 0.1) is 0 Å². The lowest BCUT2D eigenvalue weighted by molar-refractivity contribution is 0.192. The Labute approximate surface area is 130 Å². The smallest absolute Gasteiger partial charge is 0.318 e. The van der Waals surface area contributed by atoms with Gasteiger partial charge in [0.25, 0.3) is 0 Å². The molecule has 0 unspecified atom stereocenters. The molecule has 1 aliphatic carbocycles. The van der Waals surface area contributed by atoms with Crippen molar-refractivity contribution < 1.29 is 4.74 Å². The third-order valence-corrected chi connectivity index (χ3v) is 4.10. The van der Waals surface area contributed by atoms with E-state index >= 15 is 0 Å². The molecule has 0 atom stereocenters. The SMILES string of the molecule is Sc1ccccc1CNc1ccnc(OC2CCCC2)n1. The maximum absolute atomic E-state index is 5.81. The van der Waals surface area contributed by atoms with Crippen LogP contribution in [0.3, 0.4) is 0 Å². The van der Waals surface area contributed by atoms with Crippen LogP contribution in [0.1, 0.15) is 31.2 Å². The van der Waals surface area contributed by atoms with Crippen LogP contribution >= 0.6 is 12.6 Å². The van der Waals surface area contributed by atoms with Crippen LogP contribution in [0, 0.1) is 0 Å². The maximum atomic E-state index is 5.81. The summed E-state index contributed by atoms with van der Waals surface area (Å²) in [5, 5.41) is 3.29. The molecular weight excluding hydrogens is 282 g/mol. The van der Waals surface area contributed by atoms with E-state index in [1.807, 2.05) is 30.3 Å². The molecule has 4 nitrogen and oxygen atoms in total. The molecular formula is C16H19N3OS. The van der Waals surface area contributed by atoms with Crippen molar-refractivity contribution in [3.63, 3.8) is 0 Å². The van der Waals surface area contributed by atoms with E-state index in [4.69, 9.17) is 4.74 Å². The molecule has 3 rings (SSSR count). The Balaban J connectivity index is 1.61. The Morgan fingerprint density at radius 3 is 2.81 bits per heavy atom. The second kappa shape index (κ2) is 6.80. The number of thiol groups is 1. The third kappa shape index (κ3) is 3.88. The van der Waals surface area contributed by atoms with E-state index in [-0.39, 0.29) is 6.10 Å². The van der Waals surface area contributed by atoms with Gasteiger partial charge in [0.1, 0.15) is 11.9 Å². The molecule has 1 aliphatic rings. The minimum absolute atomic E-state index is 0.276. The third-order valence-electron chi connectivity index (χ3n) is 3.66. The molecule has 0 bridgehead atoms. The summed E-state index contributed by atoms with van der Waals surface area (Å²) in [5.74, 6) is 0.773. The van der Waals surface area contributed by atoms with Crippen LogP contribution in [0.4, 0.5) is 5.82 Å². The van der Waals surface area contributed by atoms with Crippen LogP contribution in [0.25, 0.3) is 0 Å². The molecule has 0 spiro atoms. The molecule has 1 N–H and O–H groups in total. The summed E-state index contributed by atoms with van der Waals surface area (Å²) >= 11 is 4.44. The van der Waals surface area contributed by atoms with E-state index in [0.717, 1.165) is 29.1 Å². The first-order chi connectivity index (χ1) is 10.3. The molecule has 0 saturated heterocycles. The summed E-state index contributed by atoms with van der Waals surface area (Å²) in [6.45, 7) is 0.680. The zero-order chi connectivity index (χ0) is 14.5. The van der Waals surface area contributed by atoms with Crippen molar-refractivity contribution in [3.05, 3.63) is 42.1 Å². The molecule has 1 saturated carbocycles. The summed E-state index contributed by atoms with van der Waals surface area (Å²) in [7, 11) is 0. The molecule has 2 aromatic rings. The highest BCUT2D eigenvalue weighted by atomic mass is 32.1. The number of rotatable bonds is 5. The van der Waals surface area contributed by atoms with Crippen molar-refractivity contribution >= 4 is 18.4 Å². The predicted molar refractivity (Wildman–Crippen MR) is 85.9 cm³/mol. The molecule has 1 aromatic heterocycles. The quantitative estimate of drug-likeness (QED) is 0.827. The first kappa shape index (κ1) is 14.2. The molecule has 5 heteroatoms. The van der Waals surface area contributed by atoms with Gasteiger partial charge in [-0.3, -0.25) is 0 Å². The van der Waals surface area contributed by atoms with Gasteiger partial charge in [-0.1, -0.05) is 18.2 Å². The normalized spacial score (nSPS) is 15.1. The summed E-state index contributed by atoms with van der Waals surface area (Å²) < 4.78 is 5.81. The van der Waals surface area contributed by atoms with Crippen LogP contribution < -0.4 is 10.1 Å².